The second kappa shape index (κ2) is 10.4. The van der Waals surface area contributed by atoms with Gasteiger partial charge in [0.25, 0.3) is 11.8 Å². The van der Waals surface area contributed by atoms with Gasteiger partial charge in [-0.25, -0.2) is 0 Å². The third kappa shape index (κ3) is 5.05. The highest BCUT2D eigenvalue weighted by molar-refractivity contribution is 6.36. The molecule has 0 unspecified atom stereocenters. The predicted octanol–water partition coefficient (Wildman–Crippen LogP) is 4.73. The highest BCUT2D eigenvalue weighted by atomic mass is 16.5. The van der Waals surface area contributed by atoms with Crippen molar-refractivity contribution in [2.75, 3.05) is 31.7 Å². The summed E-state index contributed by atoms with van der Waals surface area (Å²) in [5.41, 5.74) is 4.78. The Hall–Kier alpha value is -2.92. The van der Waals surface area contributed by atoms with Gasteiger partial charge in [-0.1, -0.05) is 49.7 Å². The van der Waals surface area contributed by atoms with Crippen molar-refractivity contribution in [1.82, 2.24) is 4.90 Å². The lowest BCUT2D eigenvalue weighted by Crippen LogP contribution is -2.35. The van der Waals surface area contributed by atoms with Gasteiger partial charge in [-0.15, -0.1) is 0 Å². The van der Waals surface area contributed by atoms with Crippen molar-refractivity contribution in [2.24, 2.45) is 0 Å². The largest absolute Gasteiger partial charge is 0.381 e. The molecule has 0 aliphatic carbocycles. The van der Waals surface area contributed by atoms with E-state index in [4.69, 9.17) is 4.74 Å². The van der Waals surface area contributed by atoms with Crippen LogP contribution in [-0.2, 0) is 14.3 Å². The van der Waals surface area contributed by atoms with E-state index in [-0.39, 0.29) is 11.8 Å². The molecule has 31 heavy (non-hydrogen) atoms. The van der Waals surface area contributed by atoms with E-state index in [0.717, 1.165) is 35.2 Å². The van der Waals surface area contributed by atoms with Crippen LogP contribution in [0.5, 0.6) is 0 Å². The maximum Gasteiger partial charge on any atom is 0.278 e. The number of unbranched alkanes of at least 4 members (excludes halogenated alkanes) is 1. The molecule has 1 aliphatic rings. The van der Waals surface area contributed by atoms with Crippen LogP contribution in [0.4, 0.5) is 5.69 Å². The third-order valence-corrected chi connectivity index (χ3v) is 5.73. The number of imide groups is 1. The van der Waals surface area contributed by atoms with Crippen molar-refractivity contribution in [1.29, 1.82) is 0 Å². The molecule has 0 atom stereocenters. The molecule has 0 bridgehead atoms. The Morgan fingerprint density at radius 2 is 1.61 bits per heavy atom. The summed E-state index contributed by atoms with van der Waals surface area (Å²) in [6.45, 7) is 7.79. The summed E-state index contributed by atoms with van der Waals surface area (Å²) in [5, 5.41) is 0. The Balaban J connectivity index is 1.90. The van der Waals surface area contributed by atoms with Crippen molar-refractivity contribution in [3.8, 4) is 0 Å². The monoisotopic (exact) mass is 420 g/mol. The fourth-order valence-electron chi connectivity index (χ4n) is 3.69. The average Bonchev–Trinajstić information content (AvgIpc) is 3.02. The minimum Gasteiger partial charge on any atom is -0.381 e. The number of rotatable bonds is 10. The van der Waals surface area contributed by atoms with E-state index in [9.17, 15) is 9.59 Å². The maximum absolute atomic E-state index is 13.4. The molecule has 0 aromatic heterocycles. The predicted molar refractivity (Wildman–Crippen MR) is 125 cm³/mol. The first-order chi connectivity index (χ1) is 15.0. The molecule has 164 valence electrons. The summed E-state index contributed by atoms with van der Waals surface area (Å²) >= 11 is 0. The van der Waals surface area contributed by atoms with Crippen LogP contribution in [0.1, 0.15) is 42.9 Å². The molecule has 0 saturated heterocycles. The van der Waals surface area contributed by atoms with Gasteiger partial charge in [-0.2, -0.15) is 0 Å². The number of carbonyl (C=O) groups is 2. The van der Waals surface area contributed by atoms with Crippen LogP contribution in [0, 0.1) is 13.8 Å². The van der Waals surface area contributed by atoms with Crippen LogP contribution in [0.25, 0.3) is 5.57 Å². The number of anilines is 1. The lowest BCUT2D eigenvalue weighted by molar-refractivity contribution is -0.137. The third-order valence-electron chi connectivity index (χ3n) is 5.73. The maximum atomic E-state index is 13.4. The van der Waals surface area contributed by atoms with Crippen LogP contribution < -0.4 is 4.90 Å². The summed E-state index contributed by atoms with van der Waals surface area (Å²) in [4.78, 5) is 30.0. The van der Waals surface area contributed by atoms with Gasteiger partial charge in [-0.05, 0) is 55.5 Å². The summed E-state index contributed by atoms with van der Waals surface area (Å²) in [5.74, 6) is -0.488. The molecule has 0 N–H and O–H groups in total. The van der Waals surface area contributed by atoms with Crippen molar-refractivity contribution in [3.05, 3.63) is 70.9 Å². The molecule has 1 heterocycles. The Labute approximate surface area is 185 Å². The molecule has 0 spiro atoms. The summed E-state index contributed by atoms with van der Waals surface area (Å²) in [6, 6.07) is 15.6. The van der Waals surface area contributed by atoms with Gasteiger partial charge in [0.1, 0.15) is 5.70 Å². The van der Waals surface area contributed by atoms with Crippen molar-refractivity contribution < 1.29 is 14.3 Å². The number of likely N-dealkylation sites (N-methyl/N-ethyl adjacent to an activating group) is 1. The SMILES string of the molecule is CCCCOCCCN1C(=O)C(c2ccc(C)c(C)c2)=C(N(C)c2ccccc2)C1=O. The average molecular weight is 421 g/mol. The summed E-state index contributed by atoms with van der Waals surface area (Å²) in [7, 11) is 1.84. The fraction of sp³-hybridized carbons (Fsp3) is 0.385. The van der Waals surface area contributed by atoms with E-state index in [1.165, 1.54) is 4.90 Å². The zero-order valence-corrected chi connectivity index (χ0v) is 19.0. The van der Waals surface area contributed by atoms with E-state index in [1.807, 2.05) is 74.3 Å². The molecule has 1 aliphatic heterocycles. The number of carbonyl (C=O) groups excluding carboxylic acids is 2. The van der Waals surface area contributed by atoms with Crippen LogP contribution in [0.15, 0.2) is 54.2 Å². The first-order valence-electron chi connectivity index (χ1n) is 11.0. The number of nitrogens with zero attached hydrogens (tertiary/aromatic N) is 2. The standard InChI is InChI=1S/C26H32N2O3/c1-5-6-16-31-17-10-15-28-25(29)23(21-14-13-19(2)20(3)18-21)24(26(28)30)27(4)22-11-8-7-9-12-22/h7-9,11-14,18H,5-6,10,15-17H2,1-4H3. The van der Waals surface area contributed by atoms with E-state index in [2.05, 4.69) is 6.92 Å². The molecule has 5 nitrogen and oxygen atoms in total. The number of ether oxygens (including phenoxy) is 1. The van der Waals surface area contributed by atoms with Crippen molar-refractivity contribution in [2.45, 2.75) is 40.0 Å². The molecule has 0 saturated carbocycles. The molecule has 2 amide bonds. The van der Waals surface area contributed by atoms with Gasteiger partial charge < -0.3 is 9.64 Å². The molecule has 0 radical (unpaired) electrons. The molecule has 3 rings (SSSR count). The second-order valence-electron chi connectivity index (χ2n) is 8.00. The summed E-state index contributed by atoms with van der Waals surface area (Å²) < 4.78 is 5.62. The number of hydrogen-bond donors (Lipinski definition) is 0. The molecular weight excluding hydrogens is 388 g/mol. The Bertz CT molecular complexity index is 966. The Kier molecular flexibility index (Phi) is 7.64. The normalized spacial score (nSPS) is 14.0. The highest BCUT2D eigenvalue weighted by Gasteiger charge is 2.40. The molecule has 2 aromatic rings. The summed E-state index contributed by atoms with van der Waals surface area (Å²) in [6.07, 6.45) is 2.73. The fourth-order valence-corrected chi connectivity index (χ4v) is 3.69. The van der Waals surface area contributed by atoms with Gasteiger partial charge in [0.15, 0.2) is 0 Å². The Morgan fingerprint density at radius 3 is 2.29 bits per heavy atom. The van der Waals surface area contributed by atoms with Gasteiger partial charge in [0.05, 0.1) is 5.57 Å². The van der Waals surface area contributed by atoms with E-state index >= 15 is 0 Å². The number of aryl methyl sites for hydroxylation is 2. The molecular formula is C26H32N2O3. The second-order valence-corrected chi connectivity index (χ2v) is 8.00. The van der Waals surface area contributed by atoms with Gasteiger partial charge >= 0.3 is 0 Å². The number of hydrogen-bond acceptors (Lipinski definition) is 4. The van der Waals surface area contributed by atoms with Crippen molar-refractivity contribution >= 4 is 23.1 Å². The van der Waals surface area contributed by atoms with Gasteiger partial charge in [0.2, 0.25) is 0 Å². The minimum absolute atomic E-state index is 0.236. The van der Waals surface area contributed by atoms with Gasteiger partial charge in [0, 0.05) is 32.5 Å². The van der Waals surface area contributed by atoms with Crippen LogP contribution in [-0.4, -0.2) is 43.5 Å². The Morgan fingerprint density at radius 1 is 0.903 bits per heavy atom. The first kappa shape index (κ1) is 22.8. The van der Waals surface area contributed by atoms with Crippen LogP contribution >= 0.6 is 0 Å². The van der Waals surface area contributed by atoms with E-state index < -0.39 is 0 Å². The minimum atomic E-state index is -0.252. The number of benzene rings is 2. The molecule has 5 heteroatoms. The topological polar surface area (TPSA) is 49.9 Å². The van der Waals surface area contributed by atoms with Crippen molar-refractivity contribution in [3.63, 3.8) is 0 Å². The molecule has 2 aromatic carbocycles. The van der Waals surface area contributed by atoms with Crippen LogP contribution in [0.2, 0.25) is 0 Å². The van der Waals surface area contributed by atoms with E-state index in [1.54, 1.807) is 0 Å². The number of para-hydroxylation sites is 1. The first-order valence-corrected chi connectivity index (χ1v) is 11.0. The van der Waals surface area contributed by atoms with Crippen LogP contribution in [0.3, 0.4) is 0 Å². The lowest BCUT2D eigenvalue weighted by Gasteiger charge is -2.21. The number of amides is 2. The highest BCUT2D eigenvalue weighted by Crippen LogP contribution is 2.34. The zero-order valence-electron chi connectivity index (χ0n) is 19.0. The van der Waals surface area contributed by atoms with Gasteiger partial charge in [-0.3, -0.25) is 14.5 Å². The van der Waals surface area contributed by atoms with E-state index in [0.29, 0.717) is 37.4 Å². The quantitative estimate of drug-likeness (QED) is 0.412. The molecule has 0 fully saturated rings. The lowest BCUT2D eigenvalue weighted by atomic mass is 9.99. The smallest absolute Gasteiger partial charge is 0.278 e. The zero-order chi connectivity index (χ0) is 22.4.